The minimum absolute atomic E-state index is 0.274. The van der Waals surface area contributed by atoms with Gasteiger partial charge in [-0.3, -0.25) is 0 Å². The van der Waals surface area contributed by atoms with Gasteiger partial charge >= 0.3 is 6.09 Å². The van der Waals surface area contributed by atoms with Crippen LogP contribution in [0.2, 0.25) is 5.02 Å². The molecule has 6 heteroatoms. The molecule has 1 aromatic carbocycles. The van der Waals surface area contributed by atoms with E-state index in [-0.39, 0.29) is 6.09 Å². The molecular weight excluding hydrogens is 278 g/mol. The first-order chi connectivity index (χ1) is 9.65. The van der Waals surface area contributed by atoms with Gasteiger partial charge in [-0.1, -0.05) is 11.6 Å². The van der Waals surface area contributed by atoms with Gasteiger partial charge in [0.1, 0.15) is 6.07 Å². The third-order valence-corrected chi connectivity index (χ3v) is 3.46. The molecule has 0 aromatic heterocycles. The SMILES string of the molecule is CCOC(=O)N1CCN(c2ccc(Cl)cc2C#N)CC1. The third kappa shape index (κ3) is 3.14. The number of ether oxygens (including phenoxy) is 1. The van der Waals surface area contributed by atoms with Crippen molar-refractivity contribution in [3.8, 4) is 6.07 Å². The number of benzene rings is 1. The molecule has 20 heavy (non-hydrogen) atoms. The molecule has 0 unspecified atom stereocenters. The average Bonchev–Trinajstić information content (AvgIpc) is 2.47. The highest BCUT2D eigenvalue weighted by Gasteiger charge is 2.23. The van der Waals surface area contributed by atoms with Gasteiger partial charge in [0.2, 0.25) is 0 Å². The maximum atomic E-state index is 11.6. The van der Waals surface area contributed by atoms with Gasteiger partial charge < -0.3 is 14.5 Å². The number of amides is 1. The molecule has 1 aromatic rings. The summed E-state index contributed by atoms with van der Waals surface area (Å²) < 4.78 is 4.98. The molecule has 1 aliphatic rings. The quantitative estimate of drug-likeness (QED) is 0.840. The van der Waals surface area contributed by atoms with Crippen molar-refractivity contribution in [2.45, 2.75) is 6.92 Å². The summed E-state index contributed by atoms with van der Waals surface area (Å²) in [7, 11) is 0. The number of hydrogen-bond acceptors (Lipinski definition) is 4. The Balaban J connectivity index is 2.04. The van der Waals surface area contributed by atoms with E-state index in [4.69, 9.17) is 21.6 Å². The van der Waals surface area contributed by atoms with E-state index < -0.39 is 0 Å². The van der Waals surface area contributed by atoms with Gasteiger partial charge in [-0.15, -0.1) is 0 Å². The highest BCUT2D eigenvalue weighted by Crippen LogP contribution is 2.24. The molecule has 0 N–H and O–H groups in total. The Morgan fingerprint density at radius 3 is 2.70 bits per heavy atom. The third-order valence-electron chi connectivity index (χ3n) is 3.23. The van der Waals surface area contributed by atoms with Gasteiger partial charge in [0.25, 0.3) is 0 Å². The van der Waals surface area contributed by atoms with Crippen molar-refractivity contribution in [2.24, 2.45) is 0 Å². The van der Waals surface area contributed by atoms with Crippen molar-refractivity contribution >= 4 is 23.4 Å². The summed E-state index contributed by atoms with van der Waals surface area (Å²) in [4.78, 5) is 15.4. The van der Waals surface area contributed by atoms with Crippen LogP contribution in [-0.4, -0.2) is 43.8 Å². The van der Waals surface area contributed by atoms with E-state index in [0.29, 0.717) is 43.4 Å². The zero-order valence-electron chi connectivity index (χ0n) is 11.3. The second-order valence-electron chi connectivity index (χ2n) is 4.45. The van der Waals surface area contributed by atoms with Crippen molar-refractivity contribution in [3.63, 3.8) is 0 Å². The molecule has 1 aliphatic heterocycles. The number of nitriles is 1. The number of hydrogen-bond donors (Lipinski definition) is 0. The molecule has 106 valence electrons. The summed E-state index contributed by atoms with van der Waals surface area (Å²) in [6.45, 7) is 4.71. The van der Waals surface area contributed by atoms with E-state index >= 15 is 0 Å². The minimum Gasteiger partial charge on any atom is -0.450 e. The fourth-order valence-corrected chi connectivity index (χ4v) is 2.39. The molecule has 1 fully saturated rings. The van der Waals surface area contributed by atoms with Gasteiger partial charge in [0.15, 0.2) is 0 Å². The van der Waals surface area contributed by atoms with E-state index in [1.807, 2.05) is 6.07 Å². The Hall–Kier alpha value is -1.93. The van der Waals surface area contributed by atoms with Crippen molar-refractivity contribution in [1.82, 2.24) is 4.90 Å². The van der Waals surface area contributed by atoms with E-state index in [1.54, 1.807) is 24.0 Å². The second kappa shape index (κ2) is 6.49. The van der Waals surface area contributed by atoms with Crippen LogP contribution in [0.15, 0.2) is 18.2 Å². The summed E-state index contributed by atoms with van der Waals surface area (Å²) in [5, 5.41) is 9.72. The number of rotatable bonds is 2. The van der Waals surface area contributed by atoms with Crippen molar-refractivity contribution in [2.75, 3.05) is 37.7 Å². The molecule has 0 spiro atoms. The summed E-state index contributed by atoms with van der Waals surface area (Å²) in [5.41, 5.74) is 1.42. The standard InChI is InChI=1S/C14H16ClN3O2/c1-2-20-14(19)18-7-5-17(6-8-18)13-4-3-12(15)9-11(13)10-16/h3-4,9H,2,5-8H2,1H3. The van der Waals surface area contributed by atoms with Crippen molar-refractivity contribution in [3.05, 3.63) is 28.8 Å². The Bertz CT molecular complexity index is 534. The number of carbonyl (C=O) groups is 1. The highest BCUT2D eigenvalue weighted by atomic mass is 35.5. The Morgan fingerprint density at radius 2 is 2.10 bits per heavy atom. The van der Waals surface area contributed by atoms with Crippen LogP contribution in [0.5, 0.6) is 0 Å². The smallest absolute Gasteiger partial charge is 0.409 e. The van der Waals surface area contributed by atoms with Crippen LogP contribution in [0.1, 0.15) is 12.5 Å². The van der Waals surface area contributed by atoms with E-state index in [1.165, 1.54) is 0 Å². The number of halogens is 1. The molecular formula is C14H16ClN3O2. The predicted octanol–water partition coefficient (Wildman–Crippen LogP) is 2.49. The maximum Gasteiger partial charge on any atom is 0.409 e. The first-order valence-corrected chi connectivity index (χ1v) is 6.89. The fraction of sp³-hybridized carbons (Fsp3) is 0.429. The lowest BCUT2D eigenvalue weighted by Crippen LogP contribution is -2.49. The number of carbonyl (C=O) groups excluding carboxylic acids is 1. The summed E-state index contributed by atoms with van der Waals surface area (Å²) in [5.74, 6) is 0. The van der Waals surface area contributed by atoms with Crippen molar-refractivity contribution < 1.29 is 9.53 Å². The molecule has 0 radical (unpaired) electrons. The zero-order valence-corrected chi connectivity index (χ0v) is 12.1. The average molecular weight is 294 g/mol. The van der Waals surface area contributed by atoms with Gasteiger partial charge in [0, 0.05) is 31.2 Å². The first kappa shape index (κ1) is 14.5. The topological polar surface area (TPSA) is 56.6 Å². The molecule has 1 saturated heterocycles. The lowest BCUT2D eigenvalue weighted by atomic mass is 10.1. The predicted molar refractivity (Wildman–Crippen MR) is 77.0 cm³/mol. The van der Waals surface area contributed by atoms with Gasteiger partial charge in [-0.05, 0) is 25.1 Å². The molecule has 0 aliphatic carbocycles. The first-order valence-electron chi connectivity index (χ1n) is 6.52. The van der Waals surface area contributed by atoms with E-state index in [2.05, 4.69) is 11.0 Å². The van der Waals surface area contributed by atoms with Crippen LogP contribution in [0.4, 0.5) is 10.5 Å². The maximum absolute atomic E-state index is 11.6. The summed E-state index contributed by atoms with van der Waals surface area (Å²) in [6.07, 6.45) is -0.274. The molecule has 2 rings (SSSR count). The molecule has 1 heterocycles. The summed E-state index contributed by atoms with van der Waals surface area (Å²) in [6, 6.07) is 7.44. The molecule has 5 nitrogen and oxygen atoms in total. The van der Waals surface area contributed by atoms with Crippen LogP contribution < -0.4 is 4.90 Å². The molecule has 0 bridgehead atoms. The minimum atomic E-state index is -0.274. The van der Waals surface area contributed by atoms with Crippen LogP contribution >= 0.6 is 11.6 Å². The number of nitrogens with zero attached hydrogens (tertiary/aromatic N) is 3. The van der Waals surface area contributed by atoms with Crippen LogP contribution in [-0.2, 0) is 4.74 Å². The van der Waals surface area contributed by atoms with E-state index in [9.17, 15) is 4.79 Å². The normalized spacial score (nSPS) is 14.8. The molecule has 1 amide bonds. The van der Waals surface area contributed by atoms with Gasteiger partial charge in [-0.25, -0.2) is 4.79 Å². The fourth-order valence-electron chi connectivity index (χ4n) is 2.22. The number of anilines is 1. The van der Waals surface area contributed by atoms with Crippen molar-refractivity contribution in [1.29, 1.82) is 5.26 Å². The summed E-state index contributed by atoms with van der Waals surface area (Å²) >= 11 is 5.89. The van der Waals surface area contributed by atoms with Crippen LogP contribution in [0.3, 0.4) is 0 Å². The van der Waals surface area contributed by atoms with Crippen LogP contribution in [0.25, 0.3) is 0 Å². The van der Waals surface area contributed by atoms with Crippen LogP contribution in [0, 0.1) is 11.3 Å². The largest absolute Gasteiger partial charge is 0.450 e. The van der Waals surface area contributed by atoms with Gasteiger partial charge in [-0.2, -0.15) is 5.26 Å². The van der Waals surface area contributed by atoms with E-state index in [0.717, 1.165) is 5.69 Å². The Kier molecular flexibility index (Phi) is 4.70. The molecule has 0 saturated carbocycles. The Labute approximate surface area is 123 Å². The Morgan fingerprint density at radius 1 is 1.40 bits per heavy atom. The lowest BCUT2D eigenvalue weighted by Gasteiger charge is -2.35. The second-order valence-corrected chi connectivity index (χ2v) is 4.88. The monoisotopic (exact) mass is 293 g/mol. The van der Waals surface area contributed by atoms with Gasteiger partial charge in [0.05, 0.1) is 17.9 Å². The highest BCUT2D eigenvalue weighted by molar-refractivity contribution is 6.30. The molecule has 0 atom stereocenters. The number of piperazine rings is 1. The lowest BCUT2D eigenvalue weighted by molar-refractivity contribution is 0.105. The zero-order chi connectivity index (χ0) is 14.5.